The van der Waals surface area contributed by atoms with E-state index < -0.39 is 0 Å². The molecule has 136 valence electrons. The maximum atomic E-state index is 4.72. The number of piperidine rings is 1. The van der Waals surface area contributed by atoms with Gasteiger partial charge in [0.2, 0.25) is 0 Å². The second kappa shape index (κ2) is 7.51. The predicted octanol–water partition coefficient (Wildman–Crippen LogP) is 3.40. The number of rotatable bonds is 5. The molecule has 0 radical (unpaired) electrons. The number of nitrogens with one attached hydrogen (secondary N) is 2. The normalized spacial score (nSPS) is 18.2. The zero-order valence-corrected chi connectivity index (χ0v) is 15.9. The number of likely N-dealkylation sites (tertiary alicyclic amines) is 1. The standard InChI is InChI=1S/C18H23N7S/c1-12-7-20-18(26-12)24-17-6-16(22-13(2)23-17)14-4-3-5-25(9-14)10-15-8-19-11-21-15/h6-8,11,14H,3-5,9-10H2,1-2H3,(H,19,21)(H,20,22,23,24). The van der Waals surface area contributed by atoms with Gasteiger partial charge in [-0.15, -0.1) is 11.3 Å². The van der Waals surface area contributed by atoms with Crippen LogP contribution in [0.5, 0.6) is 0 Å². The topological polar surface area (TPSA) is 82.6 Å². The summed E-state index contributed by atoms with van der Waals surface area (Å²) in [6, 6.07) is 2.08. The third kappa shape index (κ3) is 4.08. The van der Waals surface area contributed by atoms with Crippen molar-refractivity contribution in [2.75, 3.05) is 18.4 Å². The number of thiazole rings is 1. The lowest BCUT2D eigenvalue weighted by Gasteiger charge is -2.32. The van der Waals surface area contributed by atoms with Gasteiger partial charge in [0.1, 0.15) is 11.6 Å². The first kappa shape index (κ1) is 17.1. The van der Waals surface area contributed by atoms with E-state index in [1.807, 2.05) is 19.3 Å². The molecule has 0 aromatic carbocycles. The molecular formula is C18H23N7S. The highest BCUT2D eigenvalue weighted by molar-refractivity contribution is 7.15. The molecule has 0 spiro atoms. The molecule has 1 fully saturated rings. The van der Waals surface area contributed by atoms with Crippen molar-refractivity contribution in [2.24, 2.45) is 0 Å². The molecule has 1 aliphatic rings. The summed E-state index contributed by atoms with van der Waals surface area (Å²) in [5.74, 6) is 2.04. The quantitative estimate of drug-likeness (QED) is 0.717. The summed E-state index contributed by atoms with van der Waals surface area (Å²) in [6.45, 7) is 7.03. The minimum absolute atomic E-state index is 0.423. The summed E-state index contributed by atoms with van der Waals surface area (Å²) in [7, 11) is 0. The van der Waals surface area contributed by atoms with Gasteiger partial charge in [-0.2, -0.15) is 0 Å². The van der Waals surface area contributed by atoms with Crippen molar-refractivity contribution in [3.8, 4) is 0 Å². The average Bonchev–Trinajstić information content (AvgIpc) is 3.26. The Morgan fingerprint density at radius 3 is 3.00 bits per heavy atom. The molecule has 1 unspecified atom stereocenters. The van der Waals surface area contributed by atoms with E-state index in [4.69, 9.17) is 4.98 Å². The lowest BCUT2D eigenvalue weighted by atomic mass is 9.94. The van der Waals surface area contributed by atoms with E-state index in [2.05, 4.69) is 43.1 Å². The Bertz CT molecular complexity index is 858. The number of aromatic amines is 1. The first-order chi connectivity index (χ1) is 12.7. The van der Waals surface area contributed by atoms with Crippen LogP contribution in [0.2, 0.25) is 0 Å². The number of H-pyrrole nitrogens is 1. The Kier molecular flexibility index (Phi) is 4.94. The number of anilines is 2. The van der Waals surface area contributed by atoms with Crippen LogP contribution in [0.1, 0.15) is 40.8 Å². The van der Waals surface area contributed by atoms with E-state index in [1.54, 1.807) is 17.7 Å². The van der Waals surface area contributed by atoms with Gasteiger partial charge in [0.25, 0.3) is 0 Å². The van der Waals surface area contributed by atoms with Crippen LogP contribution in [0.25, 0.3) is 0 Å². The largest absolute Gasteiger partial charge is 0.347 e. The van der Waals surface area contributed by atoms with Gasteiger partial charge in [-0.05, 0) is 33.2 Å². The molecule has 7 nitrogen and oxygen atoms in total. The van der Waals surface area contributed by atoms with Crippen LogP contribution >= 0.6 is 11.3 Å². The maximum Gasteiger partial charge on any atom is 0.188 e. The van der Waals surface area contributed by atoms with Crippen molar-refractivity contribution >= 4 is 22.3 Å². The summed E-state index contributed by atoms with van der Waals surface area (Å²) < 4.78 is 0. The zero-order chi connectivity index (χ0) is 17.9. The summed E-state index contributed by atoms with van der Waals surface area (Å²) in [4.78, 5) is 24.6. The van der Waals surface area contributed by atoms with Gasteiger partial charge in [0.15, 0.2) is 5.13 Å². The minimum Gasteiger partial charge on any atom is -0.347 e. The molecule has 1 aliphatic heterocycles. The molecule has 0 saturated carbocycles. The predicted molar refractivity (Wildman–Crippen MR) is 103 cm³/mol. The van der Waals surface area contributed by atoms with Gasteiger partial charge in [0.05, 0.1) is 12.0 Å². The number of nitrogens with zero attached hydrogens (tertiary/aromatic N) is 5. The number of hydrogen-bond donors (Lipinski definition) is 2. The second-order valence-corrected chi connectivity index (χ2v) is 8.01. The van der Waals surface area contributed by atoms with Crippen LogP contribution < -0.4 is 5.32 Å². The first-order valence-electron chi connectivity index (χ1n) is 8.90. The van der Waals surface area contributed by atoms with Crippen LogP contribution in [-0.2, 0) is 6.54 Å². The highest BCUT2D eigenvalue weighted by Crippen LogP contribution is 2.29. The van der Waals surface area contributed by atoms with Gasteiger partial charge in [0, 0.05) is 48.0 Å². The molecule has 1 atom stereocenters. The molecule has 4 heterocycles. The fraction of sp³-hybridized carbons (Fsp3) is 0.444. The van der Waals surface area contributed by atoms with E-state index in [-0.39, 0.29) is 0 Å². The van der Waals surface area contributed by atoms with E-state index in [0.717, 1.165) is 54.2 Å². The van der Waals surface area contributed by atoms with Crippen LogP contribution in [-0.4, -0.2) is 42.9 Å². The van der Waals surface area contributed by atoms with Crippen LogP contribution in [0, 0.1) is 13.8 Å². The molecule has 8 heteroatoms. The van der Waals surface area contributed by atoms with Crippen molar-refractivity contribution < 1.29 is 0 Å². The van der Waals surface area contributed by atoms with E-state index in [0.29, 0.717) is 5.92 Å². The summed E-state index contributed by atoms with van der Waals surface area (Å²) in [6.07, 6.45) is 7.84. The molecule has 0 bridgehead atoms. The Morgan fingerprint density at radius 2 is 2.23 bits per heavy atom. The van der Waals surface area contributed by atoms with Crippen LogP contribution in [0.3, 0.4) is 0 Å². The Morgan fingerprint density at radius 1 is 1.31 bits per heavy atom. The average molecular weight is 369 g/mol. The summed E-state index contributed by atoms with van der Waals surface area (Å²) >= 11 is 1.63. The van der Waals surface area contributed by atoms with Gasteiger partial charge in [-0.25, -0.2) is 19.9 Å². The van der Waals surface area contributed by atoms with Crippen molar-refractivity contribution in [3.63, 3.8) is 0 Å². The van der Waals surface area contributed by atoms with Crippen molar-refractivity contribution in [1.82, 2.24) is 29.8 Å². The monoisotopic (exact) mass is 369 g/mol. The third-order valence-electron chi connectivity index (χ3n) is 4.59. The number of hydrogen-bond acceptors (Lipinski definition) is 7. The molecule has 1 saturated heterocycles. The molecule has 3 aromatic rings. The molecule has 0 aliphatic carbocycles. The molecule has 0 amide bonds. The highest BCUT2D eigenvalue weighted by atomic mass is 32.1. The summed E-state index contributed by atoms with van der Waals surface area (Å²) in [5, 5.41) is 4.19. The molecule has 4 rings (SSSR count). The fourth-order valence-electron chi connectivity index (χ4n) is 3.44. The van der Waals surface area contributed by atoms with E-state index in [1.165, 1.54) is 11.3 Å². The van der Waals surface area contributed by atoms with Crippen molar-refractivity contribution in [1.29, 1.82) is 0 Å². The van der Waals surface area contributed by atoms with E-state index in [9.17, 15) is 0 Å². The smallest absolute Gasteiger partial charge is 0.188 e. The van der Waals surface area contributed by atoms with Gasteiger partial charge < -0.3 is 10.3 Å². The molecular weight excluding hydrogens is 346 g/mol. The Balaban J connectivity index is 1.49. The second-order valence-electron chi connectivity index (χ2n) is 6.78. The van der Waals surface area contributed by atoms with Crippen molar-refractivity contribution in [2.45, 2.75) is 39.2 Å². The number of imidazole rings is 1. The van der Waals surface area contributed by atoms with E-state index >= 15 is 0 Å². The Hall–Kier alpha value is -2.32. The SMILES string of the molecule is Cc1nc(Nc2ncc(C)s2)cc(C2CCCN(Cc3cnc[nH]3)C2)n1. The number of aromatic nitrogens is 5. The molecule has 3 aromatic heterocycles. The lowest BCUT2D eigenvalue weighted by molar-refractivity contribution is 0.196. The molecule has 2 N–H and O–H groups in total. The van der Waals surface area contributed by atoms with Crippen LogP contribution in [0.4, 0.5) is 10.9 Å². The molecule has 26 heavy (non-hydrogen) atoms. The fourth-order valence-corrected chi connectivity index (χ4v) is 4.11. The minimum atomic E-state index is 0.423. The Labute approximate surface area is 156 Å². The van der Waals surface area contributed by atoms with Crippen LogP contribution in [0.15, 0.2) is 24.8 Å². The third-order valence-corrected chi connectivity index (χ3v) is 5.41. The van der Waals surface area contributed by atoms with Crippen molar-refractivity contribution in [3.05, 3.63) is 46.9 Å². The highest BCUT2D eigenvalue weighted by Gasteiger charge is 2.23. The first-order valence-corrected chi connectivity index (χ1v) is 9.72. The summed E-state index contributed by atoms with van der Waals surface area (Å²) in [5.41, 5.74) is 2.27. The van der Waals surface area contributed by atoms with Gasteiger partial charge in [-0.1, -0.05) is 0 Å². The number of aryl methyl sites for hydroxylation is 2. The maximum absolute atomic E-state index is 4.72. The van der Waals surface area contributed by atoms with Gasteiger partial charge >= 0.3 is 0 Å². The zero-order valence-electron chi connectivity index (χ0n) is 15.1. The van der Waals surface area contributed by atoms with Gasteiger partial charge in [-0.3, -0.25) is 4.90 Å². The lowest BCUT2D eigenvalue weighted by Crippen LogP contribution is -2.34.